The predicted molar refractivity (Wildman–Crippen MR) is 113 cm³/mol. The standard InChI is InChI=1S/C14H14O3.C8H10.C2H6/c1-9-3-5-11(15)7-13(9)17-14-8-12(16)6-4-10(14)2;1-7-5-3-4-6-8(7)2;1-2/h3-8,15-16H,1-2H3;3-6H,1-2H3;1-2H3. The molecule has 0 radical (unpaired) electrons. The van der Waals surface area contributed by atoms with Crippen LogP contribution in [0.5, 0.6) is 23.0 Å². The van der Waals surface area contributed by atoms with Crippen LogP contribution in [0.3, 0.4) is 0 Å². The average molecular weight is 367 g/mol. The maximum atomic E-state index is 9.41. The summed E-state index contributed by atoms with van der Waals surface area (Å²) in [7, 11) is 0. The van der Waals surface area contributed by atoms with Gasteiger partial charge in [-0.15, -0.1) is 0 Å². The van der Waals surface area contributed by atoms with Gasteiger partial charge in [0.2, 0.25) is 0 Å². The highest BCUT2D eigenvalue weighted by Crippen LogP contribution is 2.32. The van der Waals surface area contributed by atoms with E-state index >= 15 is 0 Å². The lowest BCUT2D eigenvalue weighted by molar-refractivity contribution is 0.442. The van der Waals surface area contributed by atoms with Crippen LogP contribution in [0.25, 0.3) is 0 Å². The summed E-state index contributed by atoms with van der Waals surface area (Å²) >= 11 is 0. The maximum Gasteiger partial charge on any atom is 0.134 e. The van der Waals surface area contributed by atoms with Gasteiger partial charge in [0.05, 0.1) is 0 Å². The van der Waals surface area contributed by atoms with Gasteiger partial charge in [0.25, 0.3) is 0 Å². The van der Waals surface area contributed by atoms with Crippen LogP contribution in [-0.2, 0) is 0 Å². The number of rotatable bonds is 2. The van der Waals surface area contributed by atoms with E-state index in [1.54, 1.807) is 36.4 Å². The Hall–Kier alpha value is -2.94. The fourth-order valence-electron chi connectivity index (χ4n) is 2.18. The van der Waals surface area contributed by atoms with E-state index in [9.17, 15) is 10.2 Å². The minimum atomic E-state index is 0.156. The largest absolute Gasteiger partial charge is 0.508 e. The normalized spacial score (nSPS) is 9.41. The predicted octanol–water partition coefficient (Wildman–Crippen LogP) is 6.84. The summed E-state index contributed by atoms with van der Waals surface area (Å²) in [6.45, 7) is 12.0. The minimum Gasteiger partial charge on any atom is -0.508 e. The van der Waals surface area contributed by atoms with Gasteiger partial charge in [0, 0.05) is 12.1 Å². The molecule has 0 fully saturated rings. The zero-order valence-electron chi connectivity index (χ0n) is 17.1. The smallest absolute Gasteiger partial charge is 0.134 e. The fourth-order valence-corrected chi connectivity index (χ4v) is 2.18. The fraction of sp³-hybridized carbons (Fsp3) is 0.250. The molecule has 27 heavy (non-hydrogen) atoms. The number of aryl methyl sites for hydroxylation is 4. The molecule has 0 atom stereocenters. The van der Waals surface area contributed by atoms with Crippen molar-refractivity contribution in [1.82, 2.24) is 0 Å². The highest BCUT2D eigenvalue weighted by molar-refractivity contribution is 5.46. The molecule has 3 nitrogen and oxygen atoms in total. The van der Waals surface area contributed by atoms with E-state index in [2.05, 4.69) is 38.1 Å². The molecule has 2 N–H and O–H groups in total. The lowest BCUT2D eigenvalue weighted by atomic mass is 10.1. The van der Waals surface area contributed by atoms with Crippen LogP contribution in [0.4, 0.5) is 0 Å². The van der Waals surface area contributed by atoms with E-state index in [0.717, 1.165) is 11.1 Å². The van der Waals surface area contributed by atoms with Crippen molar-refractivity contribution in [2.24, 2.45) is 0 Å². The minimum absolute atomic E-state index is 0.156. The molecule has 0 aliphatic heterocycles. The highest BCUT2D eigenvalue weighted by Gasteiger charge is 2.06. The van der Waals surface area contributed by atoms with Gasteiger partial charge in [-0.25, -0.2) is 0 Å². The van der Waals surface area contributed by atoms with Crippen molar-refractivity contribution in [2.45, 2.75) is 41.5 Å². The second-order valence-electron chi connectivity index (χ2n) is 6.09. The lowest BCUT2D eigenvalue weighted by Crippen LogP contribution is -1.89. The monoisotopic (exact) mass is 366 g/mol. The van der Waals surface area contributed by atoms with E-state index < -0.39 is 0 Å². The molecule has 0 bridgehead atoms. The molecule has 0 aliphatic rings. The molecule has 0 amide bonds. The summed E-state index contributed by atoms with van der Waals surface area (Å²) < 4.78 is 5.68. The lowest BCUT2D eigenvalue weighted by Gasteiger charge is -2.11. The first kappa shape index (κ1) is 22.1. The zero-order valence-corrected chi connectivity index (χ0v) is 17.1. The molecule has 3 heteroatoms. The summed E-state index contributed by atoms with van der Waals surface area (Å²) in [5.74, 6) is 1.48. The third-order valence-electron chi connectivity index (χ3n) is 3.99. The van der Waals surface area contributed by atoms with E-state index in [0.29, 0.717) is 11.5 Å². The van der Waals surface area contributed by atoms with Gasteiger partial charge in [0.15, 0.2) is 0 Å². The van der Waals surface area contributed by atoms with Crippen LogP contribution in [0.1, 0.15) is 36.1 Å². The Balaban J connectivity index is 0.000000305. The maximum absolute atomic E-state index is 9.41. The third kappa shape index (κ3) is 7.06. The van der Waals surface area contributed by atoms with Crippen LogP contribution in [0.15, 0.2) is 60.7 Å². The Kier molecular flexibility index (Phi) is 8.94. The molecule has 3 aromatic rings. The molecule has 0 heterocycles. The van der Waals surface area contributed by atoms with E-state index in [1.807, 2.05) is 27.7 Å². The third-order valence-corrected chi connectivity index (χ3v) is 3.99. The molecule has 0 saturated carbocycles. The molecule has 3 aromatic carbocycles. The van der Waals surface area contributed by atoms with Gasteiger partial charge in [0.1, 0.15) is 23.0 Å². The zero-order chi connectivity index (χ0) is 20.4. The second kappa shape index (κ2) is 10.9. The summed E-state index contributed by atoms with van der Waals surface area (Å²) in [6.07, 6.45) is 0. The summed E-state index contributed by atoms with van der Waals surface area (Å²) in [4.78, 5) is 0. The quantitative estimate of drug-likeness (QED) is 0.522. The van der Waals surface area contributed by atoms with Gasteiger partial charge in [-0.1, -0.05) is 50.2 Å². The number of phenolic OH excluding ortho intramolecular Hbond substituents is 2. The Morgan fingerprint density at radius 3 is 1.26 bits per heavy atom. The summed E-state index contributed by atoms with van der Waals surface area (Å²) in [5, 5.41) is 18.8. The number of aromatic hydroxyl groups is 2. The summed E-state index contributed by atoms with van der Waals surface area (Å²) in [5.41, 5.74) is 4.58. The second-order valence-corrected chi connectivity index (χ2v) is 6.09. The van der Waals surface area contributed by atoms with E-state index in [1.165, 1.54) is 11.1 Å². The van der Waals surface area contributed by atoms with Gasteiger partial charge >= 0.3 is 0 Å². The first-order valence-corrected chi connectivity index (χ1v) is 9.16. The Morgan fingerprint density at radius 1 is 0.556 bits per heavy atom. The van der Waals surface area contributed by atoms with Crippen molar-refractivity contribution in [3.63, 3.8) is 0 Å². The number of hydrogen-bond acceptors (Lipinski definition) is 3. The van der Waals surface area contributed by atoms with Crippen molar-refractivity contribution < 1.29 is 14.9 Å². The number of benzene rings is 3. The number of phenols is 2. The van der Waals surface area contributed by atoms with E-state index in [4.69, 9.17) is 4.74 Å². The number of ether oxygens (including phenoxy) is 1. The first-order chi connectivity index (χ1) is 12.9. The Labute approximate surface area is 162 Å². The van der Waals surface area contributed by atoms with Crippen molar-refractivity contribution >= 4 is 0 Å². The van der Waals surface area contributed by atoms with Crippen LogP contribution >= 0.6 is 0 Å². The van der Waals surface area contributed by atoms with Gasteiger partial charge in [-0.2, -0.15) is 0 Å². The van der Waals surface area contributed by atoms with Gasteiger partial charge in [-0.05, 0) is 62.1 Å². The Bertz CT molecular complexity index is 783. The first-order valence-electron chi connectivity index (χ1n) is 9.16. The van der Waals surface area contributed by atoms with Crippen LogP contribution in [-0.4, -0.2) is 10.2 Å². The van der Waals surface area contributed by atoms with Crippen molar-refractivity contribution in [2.75, 3.05) is 0 Å². The molecule has 144 valence electrons. The molecule has 0 aliphatic carbocycles. The average Bonchev–Trinajstić information content (AvgIpc) is 2.66. The Morgan fingerprint density at radius 2 is 0.926 bits per heavy atom. The van der Waals surface area contributed by atoms with Crippen molar-refractivity contribution in [3.8, 4) is 23.0 Å². The molecule has 0 saturated heterocycles. The van der Waals surface area contributed by atoms with Gasteiger partial charge < -0.3 is 14.9 Å². The van der Waals surface area contributed by atoms with Gasteiger partial charge in [-0.3, -0.25) is 0 Å². The molecule has 0 spiro atoms. The topological polar surface area (TPSA) is 49.7 Å². The van der Waals surface area contributed by atoms with Crippen LogP contribution < -0.4 is 4.74 Å². The molecular formula is C24H30O3. The molecule has 3 rings (SSSR count). The van der Waals surface area contributed by atoms with Crippen LogP contribution in [0.2, 0.25) is 0 Å². The van der Waals surface area contributed by atoms with Crippen molar-refractivity contribution in [1.29, 1.82) is 0 Å². The molecule has 0 aromatic heterocycles. The number of hydrogen-bond donors (Lipinski definition) is 2. The SMILES string of the molecule is CC.Cc1ccc(O)cc1Oc1cc(O)ccc1C.Cc1ccccc1C. The summed E-state index contributed by atoms with van der Waals surface area (Å²) in [6, 6.07) is 18.2. The molecule has 0 unspecified atom stereocenters. The van der Waals surface area contributed by atoms with Crippen LogP contribution in [0, 0.1) is 27.7 Å². The van der Waals surface area contributed by atoms with E-state index in [-0.39, 0.29) is 11.5 Å². The molecular weight excluding hydrogens is 336 g/mol. The highest BCUT2D eigenvalue weighted by atomic mass is 16.5. The van der Waals surface area contributed by atoms with Crippen molar-refractivity contribution in [3.05, 3.63) is 82.9 Å².